The molecule has 0 aromatic heterocycles. The molecule has 0 unspecified atom stereocenters. The van der Waals surface area contributed by atoms with Gasteiger partial charge in [-0.1, -0.05) is 50.0 Å². The summed E-state index contributed by atoms with van der Waals surface area (Å²) < 4.78 is 5.28. The first-order valence-corrected chi connectivity index (χ1v) is 12.1. The summed E-state index contributed by atoms with van der Waals surface area (Å²) in [4.78, 5) is 35.1. The van der Waals surface area contributed by atoms with Crippen LogP contribution in [0.25, 0.3) is 0 Å². The van der Waals surface area contributed by atoms with Crippen molar-refractivity contribution in [3.05, 3.63) is 35.9 Å². The maximum absolute atomic E-state index is 12.2. The Morgan fingerprint density at radius 2 is 1.80 bits per heavy atom. The van der Waals surface area contributed by atoms with Crippen LogP contribution in [0.15, 0.2) is 30.3 Å². The van der Waals surface area contributed by atoms with Gasteiger partial charge in [0, 0.05) is 20.1 Å². The smallest absolute Gasteiger partial charge is 0.323 e. The Hall–Kier alpha value is -1.99. The Labute approximate surface area is 149 Å². The molecule has 0 spiro atoms. The van der Waals surface area contributed by atoms with Gasteiger partial charge in [-0.25, -0.2) is 0 Å². The summed E-state index contributed by atoms with van der Waals surface area (Å²) in [6.45, 7) is 6.82. The monoisotopic (exact) mass is 365 g/mol. The summed E-state index contributed by atoms with van der Waals surface area (Å²) in [5, 5.41) is 11.7. The third kappa shape index (κ3) is 9.16. The van der Waals surface area contributed by atoms with E-state index in [9.17, 15) is 14.4 Å². The molecule has 0 bridgehead atoms. The zero-order valence-electron chi connectivity index (χ0n) is 15.1. The summed E-state index contributed by atoms with van der Waals surface area (Å²) in [6.07, 6.45) is -0.0799. The molecule has 6 nitrogen and oxygen atoms in total. The van der Waals surface area contributed by atoms with Gasteiger partial charge in [0.05, 0.1) is 13.2 Å². The molecule has 1 atom stereocenters. The van der Waals surface area contributed by atoms with Gasteiger partial charge in [0.1, 0.15) is 6.04 Å². The van der Waals surface area contributed by atoms with Crippen LogP contribution in [-0.2, 0) is 14.3 Å². The minimum atomic E-state index is -1.32. The maximum Gasteiger partial charge on any atom is 0.323 e. The highest BCUT2D eigenvalue weighted by atomic mass is 28.3. The second-order valence-corrected chi connectivity index (χ2v) is 12.8. The van der Waals surface area contributed by atoms with Gasteiger partial charge in [-0.2, -0.15) is 0 Å². The van der Waals surface area contributed by atoms with Gasteiger partial charge in [-0.3, -0.25) is 19.7 Å². The molecule has 0 aliphatic carbocycles. The Balaban J connectivity index is 2.58. The number of carboxylic acid groups (broad SMARTS) is 1. The van der Waals surface area contributed by atoms with Crippen LogP contribution in [0.4, 0.5) is 0 Å². The van der Waals surface area contributed by atoms with Crippen molar-refractivity contribution in [1.82, 2.24) is 5.32 Å². The van der Waals surface area contributed by atoms with E-state index in [0.717, 1.165) is 6.04 Å². The number of benzene rings is 1. The SMILES string of the molecule is C[Si](C)(C)CCOC(=O)[C@H](CCC(=O)O)NCC(=O)c1ccccc1. The second-order valence-electron chi connectivity index (χ2n) is 7.13. The highest BCUT2D eigenvalue weighted by Gasteiger charge is 2.23. The number of nitrogens with one attached hydrogen (secondary N) is 1. The first-order chi connectivity index (χ1) is 11.7. The average Bonchev–Trinajstić information content (AvgIpc) is 2.53. The van der Waals surface area contributed by atoms with Gasteiger partial charge in [0.25, 0.3) is 0 Å². The van der Waals surface area contributed by atoms with Crippen LogP contribution in [0.5, 0.6) is 0 Å². The van der Waals surface area contributed by atoms with Crippen LogP contribution >= 0.6 is 0 Å². The fourth-order valence-corrected chi connectivity index (χ4v) is 2.79. The van der Waals surface area contributed by atoms with E-state index in [-0.39, 0.29) is 25.2 Å². The van der Waals surface area contributed by atoms with Gasteiger partial charge in [0.2, 0.25) is 0 Å². The first kappa shape index (κ1) is 21.1. The molecule has 0 saturated heterocycles. The third-order valence-electron chi connectivity index (χ3n) is 3.63. The van der Waals surface area contributed by atoms with Crippen molar-refractivity contribution >= 4 is 25.8 Å². The van der Waals surface area contributed by atoms with Crippen molar-refractivity contribution in [3.63, 3.8) is 0 Å². The Kier molecular flexibility index (Phi) is 8.51. The van der Waals surface area contributed by atoms with Gasteiger partial charge < -0.3 is 9.84 Å². The quantitative estimate of drug-likeness (QED) is 0.356. The van der Waals surface area contributed by atoms with Crippen molar-refractivity contribution in [2.45, 2.75) is 44.6 Å². The minimum absolute atomic E-state index is 0.0442. The van der Waals surface area contributed by atoms with Crippen molar-refractivity contribution in [1.29, 1.82) is 0 Å². The second kappa shape index (κ2) is 10.1. The molecular formula is C18H27NO5Si. The predicted molar refractivity (Wildman–Crippen MR) is 98.5 cm³/mol. The van der Waals surface area contributed by atoms with Gasteiger partial charge in [-0.15, -0.1) is 0 Å². The largest absolute Gasteiger partial charge is 0.481 e. The van der Waals surface area contributed by atoms with E-state index in [2.05, 4.69) is 25.0 Å². The lowest BCUT2D eigenvalue weighted by Crippen LogP contribution is -2.41. The number of rotatable bonds is 11. The lowest BCUT2D eigenvalue weighted by Gasteiger charge is -2.19. The van der Waals surface area contributed by atoms with Crippen LogP contribution in [0.2, 0.25) is 25.7 Å². The van der Waals surface area contributed by atoms with Crippen LogP contribution < -0.4 is 5.32 Å². The number of carboxylic acids is 1. The summed E-state index contributed by atoms with van der Waals surface area (Å²) in [5.74, 6) is -1.65. The average molecular weight is 366 g/mol. The van der Waals surface area contributed by atoms with Crippen molar-refractivity contribution in [2.75, 3.05) is 13.2 Å². The maximum atomic E-state index is 12.2. The molecule has 2 N–H and O–H groups in total. The summed E-state index contributed by atoms with van der Waals surface area (Å²) >= 11 is 0. The highest BCUT2D eigenvalue weighted by molar-refractivity contribution is 6.76. The molecule has 7 heteroatoms. The summed E-state index contributed by atoms with van der Waals surface area (Å²) in [7, 11) is -1.32. The van der Waals surface area contributed by atoms with Crippen LogP contribution in [0.1, 0.15) is 23.2 Å². The fourth-order valence-electron chi connectivity index (χ4n) is 2.07. The van der Waals surface area contributed by atoms with E-state index >= 15 is 0 Å². The van der Waals surface area contributed by atoms with Crippen molar-refractivity contribution in [3.8, 4) is 0 Å². The molecule has 1 rings (SSSR count). The van der Waals surface area contributed by atoms with Crippen LogP contribution in [0.3, 0.4) is 0 Å². The molecule has 0 aliphatic heterocycles. The predicted octanol–water partition coefficient (Wildman–Crippen LogP) is 2.57. The molecule has 1 aromatic rings. The number of ketones is 1. The standard InChI is InChI=1S/C18H27NO5Si/c1-25(2,3)12-11-24-18(23)15(9-10-17(21)22)19-13-16(20)14-7-5-4-6-8-14/h4-8,15,19H,9-13H2,1-3H3,(H,21,22)/t15-/m0/s1. The zero-order chi connectivity index (χ0) is 18.9. The van der Waals surface area contributed by atoms with E-state index < -0.39 is 26.1 Å². The third-order valence-corrected chi connectivity index (χ3v) is 5.34. The molecule has 0 saturated carbocycles. The number of ether oxygens (including phenoxy) is 1. The normalized spacial score (nSPS) is 12.4. The molecule has 0 heterocycles. The molecule has 0 fully saturated rings. The topological polar surface area (TPSA) is 92.7 Å². The number of aliphatic carboxylic acids is 1. The molecule has 1 aromatic carbocycles. The molecule has 0 amide bonds. The highest BCUT2D eigenvalue weighted by Crippen LogP contribution is 2.09. The molecule has 138 valence electrons. The zero-order valence-corrected chi connectivity index (χ0v) is 16.1. The number of Topliss-reactive ketones (excluding diaryl/α,β-unsaturated/α-hetero) is 1. The number of carbonyl (C=O) groups excluding carboxylic acids is 2. The molecular weight excluding hydrogens is 338 g/mol. The first-order valence-electron chi connectivity index (χ1n) is 8.39. The Morgan fingerprint density at radius 3 is 2.36 bits per heavy atom. The van der Waals surface area contributed by atoms with Crippen molar-refractivity contribution in [2.24, 2.45) is 0 Å². The van der Waals surface area contributed by atoms with Gasteiger partial charge >= 0.3 is 11.9 Å². The lowest BCUT2D eigenvalue weighted by molar-refractivity contribution is -0.146. The molecule has 0 radical (unpaired) electrons. The number of esters is 1. The Morgan fingerprint density at radius 1 is 1.16 bits per heavy atom. The lowest BCUT2D eigenvalue weighted by atomic mass is 10.1. The number of carbonyl (C=O) groups is 3. The summed E-state index contributed by atoms with van der Waals surface area (Å²) in [6, 6.07) is 8.78. The number of hydrogen-bond donors (Lipinski definition) is 2. The van der Waals surface area contributed by atoms with Crippen LogP contribution in [-0.4, -0.2) is 50.1 Å². The van der Waals surface area contributed by atoms with E-state index in [4.69, 9.17) is 9.84 Å². The van der Waals surface area contributed by atoms with E-state index in [0.29, 0.717) is 12.2 Å². The van der Waals surface area contributed by atoms with Gasteiger partial charge in [-0.05, 0) is 12.5 Å². The van der Waals surface area contributed by atoms with Crippen molar-refractivity contribution < 1.29 is 24.2 Å². The van der Waals surface area contributed by atoms with Crippen LogP contribution in [0, 0.1) is 0 Å². The number of hydrogen-bond acceptors (Lipinski definition) is 5. The van der Waals surface area contributed by atoms with E-state index in [1.807, 2.05) is 6.07 Å². The minimum Gasteiger partial charge on any atom is -0.481 e. The fraction of sp³-hybridized carbons (Fsp3) is 0.500. The molecule has 0 aliphatic rings. The summed E-state index contributed by atoms with van der Waals surface area (Å²) in [5.41, 5.74) is 0.541. The van der Waals surface area contributed by atoms with E-state index in [1.54, 1.807) is 24.3 Å². The van der Waals surface area contributed by atoms with E-state index in [1.165, 1.54) is 0 Å². The Bertz CT molecular complexity index is 583. The van der Waals surface area contributed by atoms with Gasteiger partial charge in [0.15, 0.2) is 5.78 Å². The molecule has 25 heavy (non-hydrogen) atoms.